The van der Waals surface area contributed by atoms with Crippen LogP contribution in [-0.2, 0) is 9.84 Å². The molecule has 21 heavy (non-hydrogen) atoms. The standard InChI is InChI=1S/C15H21N3O2S/c1-3-21(19,20)10-4-5-13(16-2)12-6-7-14-15(11-12)18-9-8-17-14/h6-9,11,13,16H,3-5,10H2,1-2H3. The molecule has 1 atom stereocenters. The SMILES string of the molecule is CCS(=O)(=O)CCCC(NC)c1ccc2nccnc2c1. The lowest BCUT2D eigenvalue weighted by molar-refractivity contribution is 0.536. The van der Waals surface area contributed by atoms with Gasteiger partial charge in [0.2, 0.25) is 0 Å². The molecule has 0 saturated heterocycles. The molecule has 1 unspecified atom stereocenters. The summed E-state index contributed by atoms with van der Waals surface area (Å²) >= 11 is 0. The number of fused-ring (bicyclic) bond motifs is 1. The number of hydrogen-bond donors (Lipinski definition) is 1. The summed E-state index contributed by atoms with van der Waals surface area (Å²) in [5.74, 6) is 0.456. The molecule has 114 valence electrons. The van der Waals surface area contributed by atoms with Gasteiger partial charge in [0, 0.05) is 24.2 Å². The Kier molecular flexibility index (Phi) is 5.25. The van der Waals surface area contributed by atoms with Crippen LogP contribution in [0, 0.1) is 0 Å². The van der Waals surface area contributed by atoms with Crippen LogP contribution in [0.4, 0.5) is 0 Å². The fourth-order valence-electron chi connectivity index (χ4n) is 2.33. The molecule has 2 aromatic rings. The molecule has 0 bridgehead atoms. The van der Waals surface area contributed by atoms with E-state index in [0.717, 1.165) is 23.0 Å². The Labute approximate surface area is 125 Å². The maximum Gasteiger partial charge on any atom is 0.150 e. The van der Waals surface area contributed by atoms with Crippen LogP contribution in [0.15, 0.2) is 30.6 Å². The van der Waals surface area contributed by atoms with Crippen molar-refractivity contribution >= 4 is 20.9 Å². The first kappa shape index (κ1) is 15.9. The number of benzene rings is 1. The van der Waals surface area contributed by atoms with Crippen LogP contribution in [0.2, 0.25) is 0 Å². The summed E-state index contributed by atoms with van der Waals surface area (Å²) < 4.78 is 23.1. The van der Waals surface area contributed by atoms with Crippen LogP contribution in [0.1, 0.15) is 31.4 Å². The van der Waals surface area contributed by atoms with Gasteiger partial charge in [-0.2, -0.15) is 0 Å². The van der Waals surface area contributed by atoms with Crippen LogP contribution in [0.25, 0.3) is 11.0 Å². The predicted molar refractivity (Wildman–Crippen MR) is 84.9 cm³/mol. The van der Waals surface area contributed by atoms with Crippen molar-refractivity contribution in [3.8, 4) is 0 Å². The number of aromatic nitrogens is 2. The highest BCUT2D eigenvalue weighted by atomic mass is 32.2. The summed E-state index contributed by atoms with van der Waals surface area (Å²) in [6.07, 6.45) is 4.78. The number of nitrogens with one attached hydrogen (secondary N) is 1. The maximum absolute atomic E-state index is 11.5. The zero-order chi connectivity index (χ0) is 15.3. The fraction of sp³-hybridized carbons (Fsp3) is 0.467. The van der Waals surface area contributed by atoms with Crippen molar-refractivity contribution in [1.29, 1.82) is 0 Å². The van der Waals surface area contributed by atoms with E-state index < -0.39 is 9.84 Å². The zero-order valence-corrected chi connectivity index (χ0v) is 13.2. The molecule has 2 rings (SSSR count). The lowest BCUT2D eigenvalue weighted by Gasteiger charge is -2.16. The van der Waals surface area contributed by atoms with E-state index in [1.807, 2.05) is 25.2 Å². The summed E-state index contributed by atoms with van der Waals surface area (Å²) in [5, 5.41) is 3.24. The number of hydrogen-bond acceptors (Lipinski definition) is 5. The number of nitrogens with zero attached hydrogens (tertiary/aromatic N) is 2. The Bertz CT molecular complexity index is 701. The topological polar surface area (TPSA) is 72.0 Å². The summed E-state index contributed by atoms with van der Waals surface area (Å²) in [7, 11) is -1.00. The maximum atomic E-state index is 11.5. The summed E-state index contributed by atoms with van der Waals surface area (Å²) in [5.41, 5.74) is 2.83. The second-order valence-corrected chi connectivity index (χ2v) is 7.50. The Morgan fingerprint density at radius 1 is 1.19 bits per heavy atom. The van der Waals surface area contributed by atoms with E-state index in [2.05, 4.69) is 15.3 Å². The molecule has 0 fully saturated rings. The average molecular weight is 307 g/mol. The lowest BCUT2D eigenvalue weighted by atomic mass is 10.0. The first-order chi connectivity index (χ1) is 10.1. The lowest BCUT2D eigenvalue weighted by Crippen LogP contribution is -2.18. The van der Waals surface area contributed by atoms with E-state index >= 15 is 0 Å². The van der Waals surface area contributed by atoms with Gasteiger partial charge in [-0.1, -0.05) is 13.0 Å². The van der Waals surface area contributed by atoms with Gasteiger partial charge in [0.15, 0.2) is 0 Å². The molecule has 0 spiro atoms. The van der Waals surface area contributed by atoms with Gasteiger partial charge in [-0.25, -0.2) is 8.42 Å². The molecule has 0 aliphatic heterocycles. The van der Waals surface area contributed by atoms with Crippen molar-refractivity contribution in [2.45, 2.75) is 25.8 Å². The predicted octanol–water partition coefficient (Wildman–Crippen LogP) is 2.11. The van der Waals surface area contributed by atoms with Gasteiger partial charge in [0.25, 0.3) is 0 Å². The zero-order valence-electron chi connectivity index (χ0n) is 12.4. The molecule has 1 heterocycles. The molecule has 0 radical (unpaired) electrons. The van der Waals surface area contributed by atoms with Crippen molar-refractivity contribution in [2.24, 2.45) is 0 Å². The third-order valence-corrected chi connectivity index (χ3v) is 5.42. The average Bonchev–Trinajstić information content (AvgIpc) is 2.51. The minimum atomic E-state index is -2.89. The smallest absolute Gasteiger partial charge is 0.150 e. The third-order valence-electron chi connectivity index (χ3n) is 3.63. The van der Waals surface area contributed by atoms with E-state index in [1.165, 1.54) is 0 Å². The Morgan fingerprint density at radius 3 is 2.57 bits per heavy atom. The van der Waals surface area contributed by atoms with Crippen LogP contribution >= 0.6 is 0 Å². The second kappa shape index (κ2) is 6.95. The van der Waals surface area contributed by atoms with E-state index in [9.17, 15) is 8.42 Å². The van der Waals surface area contributed by atoms with Gasteiger partial charge in [-0.05, 0) is 37.6 Å². The molecule has 0 aliphatic carbocycles. The summed E-state index contributed by atoms with van der Waals surface area (Å²) in [6.45, 7) is 1.69. The van der Waals surface area contributed by atoms with E-state index in [4.69, 9.17) is 0 Å². The largest absolute Gasteiger partial charge is 0.313 e. The molecule has 0 saturated carbocycles. The molecule has 6 heteroatoms. The first-order valence-corrected chi connectivity index (χ1v) is 8.96. The van der Waals surface area contributed by atoms with Crippen LogP contribution in [0.5, 0.6) is 0 Å². The monoisotopic (exact) mass is 307 g/mol. The van der Waals surface area contributed by atoms with Crippen LogP contribution in [0.3, 0.4) is 0 Å². The Hall–Kier alpha value is -1.53. The van der Waals surface area contributed by atoms with Gasteiger partial charge in [-0.15, -0.1) is 0 Å². The van der Waals surface area contributed by atoms with Gasteiger partial charge in [-0.3, -0.25) is 9.97 Å². The van der Waals surface area contributed by atoms with Gasteiger partial charge in [0.1, 0.15) is 9.84 Å². The van der Waals surface area contributed by atoms with Crippen molar-refractivity contribution in [2.75, 3.05) is 18.6 Å². The summed E-state index contributed by atoms with van der Waals surface area (Å²) in [6, 6.07) is 6.11. The molecule has 1 N–H and O–H groups in total. The highest BCUT2D eigenvalue weighted by Gasteiger charge is 2.13. The molecule has 5 nitrogen and oxygen atoms in total. The fourth-order valence-corrected chi connectivity index (χ4v) is 3.22. The quantitative estimate of drug-likeness (QED) is 0.848. The van der Waals surface area contributed by atoms with Crippen molar-refractivity contribution < 1.29 is 8.42 Å². The molecule has 0 aliphatic rings. The van der Waals surface area contributed by atoms with Gasteiger partial charge < -0.3 is 5.32 Å². The first-order valence-electron chi connectivity index (χ1n) is 7.14. The minimum absolute atomic E-state index is 0.128. The highest BCUT2D eigenvalue weighted by Crippen LogP contribution is 2.21. The molecule has 0 amide bonds. The Morgan fingerprint density at radius 2 is 1.90 bits per heavy atom. The van der Waals surface area contributed by atoms with E-state index in [-0.39, 0.29) is 17.5 Å². The van der Waals surface area contributed by atoms with Gasteiger partial charge >= 0.3 is 0 Å². The molecular formula is C15H21N3O2S. The number of rotatable bonds is 7. The van der Waals surface area contributed by atoms with Crippen molar-refractivity contribution in [3.63, 3.8) is 0 Å². The van der Waals surface area contributed by atoms with Crippen LogP contribution in [-0.4, -0.2) is 36.9 Å². The van der Waals surface area contributed by atoms with E-state index in [1.54, 1.807) is 19.3 Å². The van der Waals surface area contributed by atoms with Crippen LogP contribution < -0.4 is 5.32 Å². The Balaban J connectivity index is 2.08. The minimum Gasteiger partial charge on any atom is -0.313 e. The normalized spacial score (nSPS) is 13.4. The number of sulfone groups is 1. The summed E-state index contributed by atoms with van der Waals surface area (Å²) in [4.78, 5) is 8.56. The van der Waals surface area contributed by atoms with E-state index in [0.29, 0.717) is 6.42 Å². The molecule has 1 aromatic heterocycles. The third kappa shape index (κ3) is 4.22. The van der Waals surface area contributed by atoms with Crippen molar-refractivity contribution in [1.82, 2.24) is 15.3 Å². The van der Waals surface area contributed by atoms with Crippen molar-refractivity contribution in [3.05, 3.63) is 36.2 Å². The highest BCUT2D eigenvalue weighted by molar-refractivity contribution is 7.91. The van der Waals surface area contributed by atoms with Gasteiger partial charge in [0.05, 0.1) is 16.8 Å². The second-order valence-electron chi connectivity index (χ2n) is 5.02. The molecular weight excluding hydrogens is 286 g/mol. The molecule has 1 aromatic carbocycles.